The van der Waals surface area contributed by atoms with Gasteiger partial charge in [0.2, 0.25) is 5.13 Å². The smallest absolute Gasteiger partial charge is 0.210 e. The maximum Gasteiger partial charge on any atom is 0.210 e. The molecule has 146 valence electrons. The van der Waals surface area contributed by atoms with Gasteiger partial charge in [-0.1, -0.05) is 40.8 Å². The van der Waals surface area contributed by atoms with Gasteiger partial charge in [0.25, 0.3) is 0 Å². The molecule has 3 aromatic rings. The molecular formula is C20H22N4O2S2. The molecule has 0 aliphatic heterocycles. The number of ketones is 2. The lowest BCUT2D eigenvalue weighted by Crippen LogP contribution is -2.15. The number of carbonyl (C=O) groups is 2. The number of Topliss-reactive ketones (excluding diaryl/α,β-unsaturated/α-hetero) is 2. The third-order valence-electron chi connectivity index (χ3n) is 4.39. The van der Waals surface area contributed by atoms with Crippen LogP contribution in [0, 0.1) is 20.8 Å². The highest BCUT2D eigenvalue weighted by Gasteiger charge is 2.25. The number of rotatable bonds is 7. The number of hydrogen-bond donors (Lipinski definition) is 2. The fourth-order valence-electron chi connectivity index (χ4n) is 3.00. The van der Waals surface area contributed by atoms with E-state index in [0.29, 0.717) is 26.3 Å². The fourth-order valence-corrected chi connectivity index (χ4v) is 4.98. The molecule has 1 aromatic carbocycles. The number of H-pyrrole nitrogens is 1. The molecule has 2 N–H and O–H groups in total. The summed E-state index contributed by atoms with van der Waals surface area (Å²) in [6.07, 6.45) is 0. The molecule has 8 heteroatoms. The van der Waals surface area contributed by atoms with Gasteiger partial charge in [-0.25, -0.2) is 0 Å². The lowest BCUT2D eigenvalue weighted by atomic mass is 10.0. The van der Waals surface area contributed by atoms with Crippen LogP contribution in [0.25, 0.3) is 0 Å². The van der Waals surface area contributed by atoms with E-state index in [9.17, 15) is 9.59 Å². The number of thioether (sulfide) groups is 1. The van der Waals surface area contributed by atoms with Crippen molar-refractivity contribution in [3.63, 3.8) is 0 Å². The monoisotopic (exact) mass is 414 g/mol. The zero-order valence-corrected chi connectivity index (χ0v) is 18.0. The summed E-state index contributed by atoms with van der Waals surface area (Å²) in [6.45, 7) is 9.00. The van der Waals surface area contributed by atoms with Crippen LogP contribution in [0.2, 0.25) is 0 Å². The average Bonchev–Trinajstić information content (AvgIpc) is 3.19. The molecule has 0 spiro atoms. The first-order valence-corrected chi connectivity index (χ1v) is 10.5. The Bertz CT molecular complexity index is 1020. The Morgan fingerprint density at radius 2 is 1.82 bits per heavy atom. The van der Waals surface area contributed by atoms with Gasteiger partial charge in [0.15, 0.2) is 15.9 Å². The molecule has 1 atom stereocenters. The van der Waals surface area contributed by atoms with Crippen molar-refractivity contribution in [2.24, 2.45) is 0 Å². The van der Waals surface area contributed by atoms with Crippen molar-refractivity contribution < 1.29 is 9.59 Å². The second-order valence-electron chi connectivity index (χ2n) is 6.67. The van der Waals surface area contributed by atoms with E-state index in [-0.39, 0.29) is 16.8 Å². The molecule has 0 radical (unpaired) electrons. The van der Waals surface area contributed by atoms with Gasteiger partial charge < -0.3 is 10.3 Å². The van der Waals surface area contributed by atoms with Gasteiger partial charge in [-0.2, -0.15) is 0 Å². The van der Waals surface area contributed by atoms with Crippen LogP contribution in [0.15, 0.2) is 28.6 Å². The Hall–Kier alpha value is -2.45. The summed E-state index contributed by atoms with van der Waals surface area (Å²) in [4.78, 5) is 27.7. The summed E-state index contributed by atoms with van der Waals surface area (Å²) in [6, 6.07) is 8.02. The van der Waals surface area contributed by atoms with Crippen LogP contribution >= 0.6 is 23.1 Å². The quantitative estimate of drug-likeness (QED) is 0.413. The van der Waals surface area contributed by atoms with Crippen LogP contribution in [0.5, 0.6) is 0 Å². The Morgan fingerprint density at radius 1 is 1.14 bits per heavy atom. The molecule has 3 rings (SSSR count). The number of benzene rings is 1. The van der Waals surface area contributed by atoms with Crippen LogP contribution in [-0.2, 0) is 0 Å². The van der Waals surface area contributed by atoms with E-state index < -0.39 is 0 Å². The topological polar surface area (TPSA) is 87.7 Å². The lowest BCUT2D eigenvalue weighted by Gasteiger charge is -2.07. The first-order chi connectivity index (χ1) is 13.3. The van der Waals surface area contributed by atoms with Crippen molar-refractivity contribution in [1.82, 2.24) is 15.2 Å². The minimum atomic E-state index is -0.350. The highest BCUT2D eigenvalue weighted by Crippen LogP contribution is 2.32. The Morgan fingerprint density at radius 3 is 2.43 bits per heavy atom. The van der Waals surface area contributed by atoms with Gasteiger partial charge in [0.1, 0.15) is 0 Å². The number of nitrogens with zero attached hydrogens (tertiary/aromatic N) is 2. The van der Waals surface area contributed by atoms with E-state index in [1.165, 1.54) is 35.6 Å². The second-order valence-corrected chi connectivity index (χ2v) is 9.24. The third-order valence-corrected chi connectivity index (χ3v) is 6.41. The molecule has 0 bridgehead atoms. The van der Waals surface area contributed by atoms with Gasteiger partial charge in [-0.05, 0) is 52.3 Å². The summed E-state index contributed by atoms with van der Waals surface area (Å²) >= 11 is 2.77. The maximum absolute atomic E-state index is 12.9. The van der Waals surface area contributed by atoms with Crippen molar-refractivity contribution >= 4 is 45.5 Å². The molecule has 6 nitrogen and oxygen atoms in total. The zero-order valence-electron chi connectivity index (χ0n) is 16.4. The highest BCUT2D eigenvalue weighted by molar-refractivity contribution is 8.02. The van der Waals surface area contributed by atoms with Crippen molar-refractivity contribution in [3.8, 4) is 0 Å². The molecule has 0 saturated carbocycles. The SMILES string of the molecule is CC(=O)c1c(C)[nH]c(C(=O)[C@H](C)Sc2nnc(Nc3ccc(C)cc3)s2)c1C. The molecule has 0 fully saturated rings. The summed E-state index contributed by atoms with van der Waals surface area (Å²) in [5.74, 6) is -0.0945. The predicted molar refractivity (Wildman–Crippen MR) is 114 cm³/mol. The number of aromatic nitrogens is 3. The van der Waals surface area contributed by atoms with Gasteiger partial charge in [-0.3, -0.25) is 9.59 Å². The molecule has 0 aliphatic rings. The highest BCUT2D eigenvalue weighted by atomic mass is 32.2. The van der Waals surface area contributed by atoms with E-state index >= 15 is 0 Å². The molecule has 0 aliphatic carbocycles. The number of nitrogens with one attached hydrogen (secondary N) is 2. The minimum absolute atomic E-state index is 0.0402. The number of aryl methyl sites for hydroxylation is 2. The van der Waals surface area contributed by atoms with Crippen molar-refractivity contribution in [1.29, 1.82) is 0 Å². The van der Waals surface area contributed by atoms with Crippen LogP contribution in [0.4, 0.5) is 10.8 Å². The van der Waals surface area contributed by atoms with E-state index in [4.69, 9.17) is 0 Å². The largest absolute Gasteiger partial charge is 0.355 e. The van der Waals surface area contributed by atoms with E-state index in [1.54, 1.807) is 6.92 Å². The Balaban J connectivity index is 1.70. The molecule has 28 heavy (non-hydrogen) atoms. The van der Waals surface area contributed by atoms with Crippen molar-refractivity contribution in [2.75, 3.05) is 5.32 Å². The number of hydrogen-bond acceptors (Lipinski definition) is 7. The molecular weight excluding hydrogens is 392 g/mol. The van der Waals surface area contributed by atoms with E-state index in [0.717, 1.165) is 11.4 Å². The van der Waals surface area contributed by atoms with Crippen LogP contribution in [0.3, 0.4) is 0 Å². The molecule has 2 heterocycles. The van der Waals surface area contributed by atoms with E-state index in [1.807, 2.05) is 45.0 Å². The first kappa shape index (κ1) is 20.3. The first-order valence-electron chi connectivity index (χ1n) is 8.84. The summed E-state index contributed by atoms with van der Waals surface area (Å²) in [5.41, 5.74) is 4.66. The lowest BCUT2D eigenvalue weighted by molar-refractivity contribution is 0.0988. The van der Waals surface area contributed by atoms with Crippen LogP contribution in [-0.4, -0.2) is 32.0 Å². The third kappa shape index (κ3) is 4.34. The zero-order chi connectivity index (χ0) is 20.4. The maximum atomic E-state index is 12.9. The summed E-state index contributed by atoms with van der Waals surface area (Å²) < 4.78 is 0.711. The van der Waals surface area contributed by atoms with Gasteiger partial charge in [0.05, 0.1) is 10.9 Å². The van der Waals surface area contributed by atoms with E-state index in [2.05, 4.69) is 20.5 Å². The standard InChI is InChI=1S/C20H22N4O2S2/c1-10-6-8-15(9-7-10)22-19-23-24-20(28-19)27-14(5)18(26)17-11(2)16(13(4)25)12(3)21-17/h6-9,14,21H,1-5H3,(H,22,23)/t14-/m0/s1. The van der Waals surface area contributed by atoms with Gasteiger partial charge >= 0.3 is 0 Å². The molecule has 0 amide bonds. The predicted octanol–water partition coefficient (Wildman–Crippen LogP) is 5.10. The second kappa shape index (κ2) is 8.28. The van der Waals surface area contributed by atoms with Gasteiger partial charge in [0, 0.05) is 16.9 Å². The summed E-state index contributed by atoms with van der Waals surface area (Å²) in [7, 11) is 0. The van der Waals surface area contributed by atoms with Crippen molar-refractivity contribution in [2.45, 2.75) is 44.2 Å². The minimum Gasteiger partial charge on any atom is -0.355 e. The molecule has 2 aromatic heterocycles. The molecule has 0 saturated heterocycles. The number of aromatic amines is 1. The molecule has 0 unspecified atom stereocenters. The normalized spacial score (nSPS) is 12.0. The average molecular weight is 415 g/mol. The number of carbonyl (C=O) groups excluding carboxylic acids is 2. The number of anilines is 2. The van der Waals surface area contributed by atoms with Gasteiger partial charge in [-0.15, -0.1) is 10.2 Å². The fraction of sp³-hybridized carbons (Fsp3) is 0.300. The Kier molecular flexibility index (Phi) is 6.00. The van der Waals surface area contributed by atoms with Crippen LogP contribution < -0.4 is 5.32 Å². The van der Waals surface area contributed by atoms with Crippen molar-refractivity contribution in [3.05, 3.63) is 52.3 Å². The Labute approximate surface area is 172 Å². The summed E-state index contributed by atoms with van der Waals surface area (Å²) in [5, 5.41) is 11.9. The van der Waals surface area contributed by atoms with Crippen LogP contribution in [0.1, 0.15) is 51.5 Å².